The molecule has 35 heavy (non-hydrogen) atoms. The molecule has 0 aromatic heterocycles. The van der Waals surface area contributed by atoms with E-state index >= 15 is 0 Å². The Balaban J connectivity index is 1.54. The maximum absolute atomic E-state index is 11.6. The van der Waals surface area contributed by atoms with Gasteiger partial charge >= 0.3 is 5.97 Å². The third-order valence-corrected chi connectivity index (χ3v) is 6.00. The SMILES string of the molecule is O=C(O)c1cc(O[C@H]2O[C@H](CO[C@H]3OC[C@@H](O)[C@H](O)[C@H]3O)[C@@H](O)[C@H](O)[C@H]2O)c2ccccc2c1O. The van der Waals surface area contributed by atoms with E-state index in [1.165, 1.54) is 6.07 Å². The van der Waals surface area contributed by atoms with Crippen molar-refractivity contribution in [3.05, 3.63) is 35.9 Å². The van der Waals surface area contributed by atoms with Gasteiger partial charge < -0.3 is 59.8 Å². The quantitative estimate of drug-likeness (QED) is 0.214. The van der Waals surface area contributed by atoms with Crippen LogP contribution in [-0.2, 0) is 14.2 Å². The molecule has 0 unspecified atom stereocenters. The van der Waals surface area contributed by atoms with Gasteiger partial charge in [-0.2, -0.15) is 0 Å². The summed E-state index contributed by atoms with van der Waals surface area (Å²) in [7, 11) is 0. The third-order valence-electron chi connectivity index (χ3n) is 6.00. The number of rotatable bonds is 6. The summed E-state index contributed by atoms with van der Waals surface area (Å²) < 4.78 is 21.7. The number of aliphatic hydroxyl groups excluding tert-OH is 6. The van der Waals surface area contributed by atoms with E-state index in [0.29, 0.717) is 5.39 Å². The van der Waals surface area contributed by atoms with E-state index in [0.717, 1.165) is 6.07 Å². The van der Waals surface area contributed by atoms with E-state index in [4.69, 9.17) is 18.9 Å². The van der Waals surface area contributed by atoms with E-state index < -0.39 is 79.2 Å². The molecule has 0 saturated carbocycles. The third kappa shape index (κ3) is 4.91. The number of carboxylic acids is 1. The summed E-state index contributed by atoms with van der Waals surface area (Å²) in [6, 6.07) is 7.24. The Labute approximate surface area is 197 Å². The lowest BCUT2D eigenvalue weighted by Gasteiger charge is -2.41. The summed E-state index contributed by atoms with van der Waals surface area (Å²) in [4.78, 5) is 11.6. The fourth-order valence-corrected chi connectivity index (χ4v) is 3.98. The van der Waals surface area contributed by atoms with Crippen LogP contribution in [0.5, 0.6) is 11.5 Å². The molecule has 2 aliphatic rings. The van der Waals surface area contributed by atoms with E-state index in [1.807, 2.05) is 0 Å². The number of hydrogen-bond acceptors (Lipinski definition) is 12. The smallest absolute Gasteiger partial charge is 0.339 e. The van der Waals surface area contributed by atoms with Crippen LogP contribution in [0.25, 0.3) is 10.8 Å². The first kappa shape index (κ1) is 25.5. The summed E-state index contributed by atoms with van der Waals surface area (Å²) in [5, 5.41) is 80.5. The van der Waals surface area contributed by atoms with Crippen molar-refractivity contribution in [2.45, 2.75) is 55.3 Å². The summed E-state index contributed by atoms with van der Waals surface area (Å²) >= 11 is 0. The van der Waals surface area contributed by atoms with Crippen LogP contribution in [0.1, 0.15) is 10.4 Å². The number of aromatic carboxylic acids is 1. The van der Waals surface area contributed by atoms with Gasteiger partial charge in [0.15, 0.2) is 6.29 Å². The van der Waals surface area contributed by atoms with Crippen molar-refractivity contribution < 1.29 is 64.6 Å². The van der Waals surface area contributed by atoms with Crippen LogP contribution in [-0.4, -0.2) is 115 Å². The Kier molecular flexibility index (Phi) is 7.42. The van der Waals surface area contributed by atoms with Gasteiger partial charge in [-0.15, -0.1) is 0 Å². The standard InChI is InChI=1S/C22H26O13/c23-11-6-32-21(18(28)15(11)25)33-7-13-16(26)17(27)19(29)22(35-13)34-12-5-10(20(30)31)14(24)9-4-2-1-3-8(9)12/h1-5,11,13,15-19,21-29H,6-7H2,(H,30,31)/t11-,13-,15+,16-,17+,18-,19-,21-,22+/m1/s1. The van der Waals surface area contributed by atoms with Crippen molar-refractivity contribution >= 4 is 16.7 Å². The first-order valence-corrected chi connectivity index (χ1v) is 10.7. The highest BCUT2D eigenvalue weighted by atomic mass is 16.7. The van der Waals surface area contributed by atoms with Crippen LogP contribution in [0.3, 0.4) is 0 Å². The second-order valence-electron chi connectivity index (χ2n) is 8.34. The van der Waals surface area contributed by atoms with Gasteiger partial charge in [-0.05, 0) is 6.07 Å². The van der Waals surface area contributed by atoms with E-state index in [-0.39, 0.29) is 17.7 Å². The number of fused-ring (bicyclic) bond motifs is 1. The van der Waals surface area contributed by atoms with Crippen molar-refractivity contribution in [1.82, 2.24) is 0 Å². The second kappa shape index (κ2) is 10.2. The predicted octanol–water partition coefficient (Wildman–Crippen LogP) is -2.11. The van der Waals surface area contributed by atoms with E-state index in [2.05, 4.69) is 0 Å². The highest BCUT2D eigenvalue weighted by Crippen LogP contribution is 2.37. The van der Waals surface area contributed by atoms with Crippen molar-refractivity contribution in [3.63, 3.8) is 0 Å². The molecule has 0 aliphatic carbocycles. The van der Waals surface area contributed by atoms with Crippen molar-refractivity contribution in [2.75, 3.05) is 13.2 Å². The molecule has 0 spiro atoms. The summed E-state index contributed by atoms with van der Waals surface area (Å²) in [6.45, 7) is -0.796. The van der Waals surface area contributed by atoms with E-state index in [9.17, 15) is 45.6 Å². The molecule has 2 aromatic rings. The molecular formula is C22H26O13. The number of phenols is 1. The molecule has 0 amide bonds. The van der Waals surface area contributed by atoms with Gasteiger partial charge in [0.25, 0.3) is 0 Å². The molecular weight excluding hydrogens is 472 g/mol. The molecule has 9 atom stereocenters. The fraction of sp³-hybridized carbons (Fsp3) is 0.500. The van der Waals surface area contributed by atoms with Crippen LogP contribution in [0.4, 0.5) is 0 Å². The van der Waals surface area contributed by atoms with Crippen LogP contribution in [0.15, 0.2) is 30.3 Å². The number of hydrogen-bond donors (Lipinski definition) is 8. The Bertz CT molecular complexity index is 1060. The summed E-state index contributed by atoms with van der Waals surface area (Å²) in [6.07, 6.45) is -13.9. The van der Waals surface area contributed by atoms with Crippen LogP contribution < -0.4 is 4.74 Å². The molecule has 2 aromatic carbocycles. The molecule has 4 rings (SSSR count). The minimum Gasteiger partial charge on any atom is -0.506 e. The molecule has 0 radical (unpaired) electrons. The average Bonchev–Trinajstić information content (AvgIpc) is 2.84. The van der Waals surface area contributed by atoms with Crippen LogP contribution >= 0.6 is 0 Å². The van der Waals surface area contributed by atoms with Gasteiger partial charge in [0.1, 0.15) is 59.8 Å². The molecule has 0 bridgehead atoms. The van der Waals surface area contributed by atoms with Crippen molar-refractivity contribution in [2.24, 2.45) is 0 Å². The molecule has 8 N–H and O–H groups in total. The highest BCUT2D eigenvalue weighted by molar-refractivity contribution is 6.03. The minimum absolute atomic E-state index is 0.0775. The molecule has 13 heteroatoms. The minimum atomic E-state index is -1.76. The lowest BCUT2D eigenvalue weighted by Crippen LogP contribution is -2.61. The number of aliphatic hydroxyl groups is 6. The predicted molar refractivity (Wildman–Crippen MR) is 114 cm³/mol. The fourth-order valence-electron chi connectivity index (χ4n) is 3.98. The van der Waals surface area contributed by atoms with Gasteiger partial charge in [-0.1, -0.05) is 24.3 Å². The van der Waals surface area contributed by atoms with Gasteiger partial charge in [-0.3, -0.25) is 0 Å². The van der Waals surface area contributed by atoms with Gasteiger partial charge in [-0.25, -0.2) is 4.79 Å². The maximum atomic E-state index is 11.6. The Morgan fingerprint density at radius 2 is 1.57 bits per heavy atom. The van der Waals surface area contributed by atoms with Gasteiger partial charge in [0.2, 0.25) is 6.29 Å². The zero-order chi connectivity index (χ0) is 25.4. The second-order valence-corrected chi connectivity index (χ2v) is 8.34. The molecule has 192 valence electrons. The lowest BCUT2D eigenvalue weighted by molar-refractivity contribution is -0.307. The monoisotopic (exact) mass is 498 g/mol. The first-order valence-electron chi connectivity index (χ1n) is 10.7. The van der Waals surface area contributed by atoms with Crippen molar-refractivity contribution in [3.8, 4) is 11.5 Å². The Morgan fingerprint density at radius 3 is 2.26 bits per heavy atom. The topological polar surface area (TPSA) is 216 Å². The average molecular weight is 498 g/mol. The maximum Gasteiger partial charge on any atom is 0.339 e. The highest BCUT2D eigenvalue weighted by Gasteiger charge is 2.46. The number of ether oxygens (including phenoxy) is 4. The summed E-state index contributed by atoms with van der Waals surface area (Å²) in [5.74, 6) is -1.99. The molecule has 13 nitrogen and oxygen atoms in total. The normalized spacial score (nSPS) is 35.7. The number of aromatic hydroxyl groups is 1. The number of benzene rings is 2. The molecule has 2 aliphatic heterocycles. The van der Waals surface area contributed by atoms with Crippen molar-refractivity contribution in [1.29, 1.82) is 0 Å². The van der Waals surface area contributed by atoms with Crippen LogP contribution in [0.2, 0.25) is 0 Å². The van der Waals surface area contributed by atoms with Gasteiger partial charge in [0, 0.05) is 10.8 Å². The van der Waals surface area contributed by atoms with Crippen LogP contribution in [0, 0.1) is 0 Å². The zero-order valence-electron chi connectivity index (χ0n) is 18.1. The first-order chi connectivity index (χ1) is 16.6. The zero-order valence-corrected chi connectivity index (χ0v) is 18.1. The number of carboxylic acid groups (broad SMARTS) is 1. The molecule has 2 heterocycles. The summed E-state index contributed by atoms with van der Waals surface area (Å²) in [5.41, 5.74) is -0.464. The largest absolute Gasteiger partial charge is 0.506 e. The molecule has 2 saturated heterocycles. The lowest BCUT2D eigenvalue weighted by atomic mass is 9.99. The Hall–Kier alpha value is -2.59. The van der Waals surface area contributed by atoms with E-state index in [1.54, 1.807) is 18.2 Å². The van der Waals surface area contributed by atoms with Gasteiger partial charge in [0.05, 0.1) is 13.2 Å². The molecule has 2 fully saturated rings. The Morgan fingerprint density at radius 1 is 0.914 bits per heavy atom. The number of carbonyl (C=O) groups is 1.